The molecule has 0 saturated carbocycles. The summed E-state index contributed by atoms with van der Waals surface area (Å²) in [5.74, 6) is 0. The summed E-state index contributed by atoms with van der Waals surface area (Å²) in [6.45, 7) is 9.33. The average Bonchev–Trinajstić information content (AvgIpc) is 2.21. The molecule has 0 aromatic carbocycles. The molecule has 0 amide bonds. The molecule has 0 aromatic heterocycles. The molecule has 0 spiro atoms. The first-order valence-electron chi connectivity index (χ1n) is 4.38. The summed E-state index contributed by atoms with van der Waals surface area (Å²) in [4.78, 5) is 0. The van der Waals surface area contributed by atoms with Crippen LogP contribution in [-0.4, -0.2) is 18.5 Å². The van der Waals surface area contributed by atoms with Crippen LogP contribution in [0.15, 0.2) is 48.7 Å². The first-order valence-corrected chi connectivity index (χ1v) is 4.38. The number of rotatable bonds is 6. The largest absolute Gasteiger partial charge is 0.361 e. The van der Waals surface area contributed by atoms with Gasteiger partial charge in [0.2, 0.25) is 0 Å². The quantitative estimate of drug-likeness (QED) is 0.441. The third-order valence-corrected chi connectivity index (χ3v) is 1.67. The topological polar surface area (TPSA) is 44.3 Å². The Morgan fingerprint density at radius 1 is 1.50 bits per heavy atom. The van der Waals surface area contributed by atoms with E-state index in [1.807, 2.05) is 19.1 Å². The highest BCUT2D eigenvalue weighted by Crippen LogP contribution is 2.06. The molecule has 1 atom stereocenters. The van der Waals surface area contributed by atoms with Gasteiger partial charge < -0.3 is 10.4 Å². The van der Waals surface area contributed by atoms with Crippen LogP contribution >= 0.6 is 0 Å². The van der Waals surface area contributed by atoms with Gasteiger partial charge in [0, 0.05) is 6.20 Å². The lowest BCUT2D eigenvalue weighted by Crippen LogP contribution is -2.36. The van der Waals surface area contributed by atoms with Crippen LogP contribution in [0.3, 0.4) is 0 Å². The van der Waals surface area contributed by atoms with Crippen molar-refractivity contribution in [3.05, 3.63) is 48.7 Å². The molecule has 3 heteroatoms. The summed E-state index contributed by atoms with van der Waals surface area (Å²) >= 11 is 0. The van der Waals surface area contributed by atoms with Gasteiger partial charge in [-0.2, -0.15) is 0 Å². The second-order valence-corrected chi connectivity index (χ2v) is 2.81. The van der Waals surface area contributed by atoms with Gasteiger partial charge >= 0.3 is 0 Å². The zero-order valence-corrected chi connectivity index (χ0v) is 8.75. The van der Waals surface area contributed by atoms with Crippen LogP contribution in [0, 0.1) is 0 Å². The maximum Gasteiger partial charge on any atom is 0.180 e. The molecule has 78 valence electrons. The van der Waals surface area contributed by atoms with Crippen LogP contribution in [0.1, 0.15) is 6.92 Å². The molecular weight excluding hydrogens is 176 g/mol. The van der Waals surface area contributed by atoms with Crippen molar-refractivity contribution in [1.29, 1.82) is 0 Å². The molecule has 0 bridgehead atoms. The molecule has 14 heavy (non-hydrogen) atoms. The zero-order chi connectivity index (χ0) is 11.0. The van der Waals surface area contributed by atoms with E-state index < -0.39 is 6.35 Å². The van der Waals surface area contributed by atoms with E-state index in [1.165, 1.54) is 0 Å². The average molecular weight is 194 g/mol. The minimum absolute atomic E-state index is 0.735. The Bertz CT molecular complexity index is 254. The molecule has 0 aromatic rings. The van der Waals surface area contributed by atoms with E-state index in [-0.39, 0.29) is 0 Å². The third-order valence-electron chi connectivity index (χ3n) is 1.67. The van der Waals surface area contributed by atoms with Crippen LogP contribution in [-0.2, 0) is 0 Å². The van der Waals surface area contributed by atoms with Gasteiger partial charge in [-0.3, -0.25) is 5.32 Å². The maximum absolute atomic E-state index is 9.13. The number of allylic oxidation sites excluding steroid dienone is 5. The van der Waals surface area contributed by atoms with Crippen molar-refractivity contribution >= 4 is 0 Å². The predicted molar refractivity (Wildman–Crippen MR) is 60.4 cm³/mol. The summed E-state index contributed by atoms with van der Waals surface area (Å²) in [6.07, 6.45) is 6.33. The van der Waals surface area contributed by atoms with Gasteiger partial charge in [-0.05, 0) is 25.1 Å². The van der Waals surface area contributed by atoms with Crippen molar-refractivity contribution in [2.45, 2.75) is 13.3 Å². The fourth-order valence-corrected chi connectivity index (χ4v) is 0.696. The van der Waals surface area contributed by atoms with E-state index in [2.05, 4.69) is 23.8 Å². The summed E-state index contributed by atoms with van der Waals surface area (Å²) in [7, 11) is 1.66. The fraction of sp³-hybridized carbons (Fsp3) is 0.273. The molecule has 3 nitrogen and oxygen atoms in total. The van der Waals surface area contributed by atoms with E-state index >= 15 is 0 Å². The smallest absolute Gasteiger partial charge is 0.180 e. The predicted octanol–water partition coefficient (Wildman–Crippen LogP) is 1.27. The molecule has 0 fully saturated rings. The number of hydrogen-bond donors (Lipinski definition) is 3. The Labute approximate surface area is 85.5 Å². The number of hydrogen-bond acceptors (Lipinski definition) is 3. The van der Waals surface area contributed by atoms with Gasteiger partial charge in [0.1, 0.15) is 0 Å². The van der Waals surface area contributed by atoms with E-state index in [0.29, 0.717) is 0 Å². The van der Waals surface area contributed by atoms with Crippen LogP contribution < -0.4 is 10.6 Å². The minimum atomic E-state index is -0.735. The molecule has 0 aliphatic rings. The van der Waals surface area contributed by atoms with Gasteiger partial charge in [0.25, 0.3) is 0 Å². The first-order chi connectivity index (χ1) is 6.61. The molecule has 1 unspecified atom stereocenters. The number of aliphatic hydroxyl groups excluding tert-OH is 1. The lowest BCUT2D eigenvalue weighted by molar-refractivity contribution is 0.126. The van der Waals surface area contributed by atoms with Crippen molar-refractivity contribution in [1.82, 2.24) is 10.6 Å². The molecule has 0 aliphatic carbocycles. The van der Waals surface area contributed by atoms with Crippen molar-refractivity contribution in [3.63, 3.8) is 0 Å². The summed E-state index contributed by atoms with van der Waals surface area (Å²) in [5.41, 5.74) is 1.83. The van der Waals surface area contributed by atoms with Crippen LogP contribution in [0.5, 0.6) is 0 Å². The van der Waals surface area contributed by atoms with Gasteiger partial charge in [-0.1, -0.05) is 31.4 Å². The van der Waals surface area contributed by atoms with Gasteiger partial charge in [0.15, 0.2) is 6.35 Å². The fourth-order valence-electron chi connectivity index (χ4n) is 0.696. The standard InChI is InChI=1S/C11H18N2O/c1-5-6-7-9(2)10(3)8-13-11(14)12-4/h5-8,11-14H,1-2H2,3-4H3/b7-6-,10-8-. The third kappa shape index (κ3) is 5.35. The lowest BCUT2D eigenvalue weighted by Gasteiger charge is -2.09. The summed E-state index contributed by atoms with van der Waals surface area (Å²) in [6, 6.07) is 0. The normalized spacial score (nSPS) is 14.1. The van der Waals surface area contributed by atoms with E-state index in [0.717, 1.165) is 11.1 Å². The first kappa shape index (κ1) is 12.7. The SMILES string of the molecule is C=C/C=C\C(=C)/C(C)=C\NC(O)NC. The van der Waals surface area contributed by atoms with Gasteiger partial charge in [0.05, 0.1) is 0 Å². The molecule has 3 N–H and O–H groups in total. The summed E-state index contributed by atoms with van der Waals surface area (Å²) < 4.78 is 0. The van der Waals surface area contributed by atoms with E-state index in [1.54, 1.807) is 19.3 Å². The maximum atomic E-state index is 9.13. The van der Waals surface area contributed by atoms with Crippen LogP contribution in [0.2, 0.25) is 0 Å². The van der Waals surface area contributed by atoms with Crippen LogP contribution in [0.25, 0.3) is 0 Å². The Morgan fingerprint density at radius 3 is 2.64 bits per heavy atom. The van der Waals surface area contributed by atoms with Gasteiger partial charge in [-0.25, -0.2) is 0 Å². The Hall–Kier alpha value is -1.32. The Balaban J connectivity index is 4.16. The second-order valence-electron chi connectivity index (χ2n) is 2.81. The highest BCUT2D eigenvalue weighted by Gasteiger charge is 1.95. The highest BCUT2D eigenvalue weighted by molar-refractivity contribution is 5.36. The molecule has 0 aliphatic heterocycles. The minimum Gasteiger partial charge on any atom is -0.361 e. The Morgan fingerprint density at radius 2 is 2.14 bits per heavy atom. The Kier molecular flexibility index (Phi) is 6.45. The molecule has 0 radical (unpaired) electrons. The number of nitrogens with one attached hydrogen (secondary N) is 2. The highest BCUT2D eigenvalue weighted by atomic mass is 16.3. The molecule has 0 rings (SSSR count). The van der Waals surface area contributed by atoms with Crippen molar-refractivity contribution in [3.8, 4) is 0 Å². The van der Waals surface area contributed by atoms with E-state index in [4.69, 9.17) is 5.11 Å². The monoisotopic (exact) mass is 194 g/mol. The zero-order valence-electron chi connectivity index (χ0n) is 8.75. The number of aliphatic hydroxyl groups is 1. The van der Waals surface area contributed by atoms with Crippen molar-refractivity contribution < 1.29 is 5.11 Å². The lowest BCUT2D eigenvalue weighted by atomic mass is 10.1. The van der Waals surface area contributed by atoms with Crippen molar-refractivity contribution in [2.24, 2.45) is 0 Å². The molecule has 0 heterocycles. The van der Waals surface area contributed by atoms with Crippen molar-refractivity contribution in [2.75, 3.05) is 7.05 Å². The molecule has 0 saturated heterocycles. The summed E-state index contributed by atoms with van der Waals surface area (Å²) in [5, 5.41) is 14.5. The van der Waals surface area contributed by atoms with Crippen LogP contribution in [0.4, 0.5) is 0 Å². The van der Waals surface area contributed by atoms with Gasteiger partial charge in [-0.15, -0.1) is 0 Å². The van der Waals surface area contributed by atoms with E-state index in [9.17, 15) is 0 Å². The second kappa shape index (κ2) is 7.12. The molecular formula is C11H18N2O.